The normalized spacial score (nSPS) is 11.2. The molecule has 0 radical (unpaired) electrons. The summed E-state index contributed by atoms with van der Waals surface area (Å²) in [5.41, 5.74) is 6.58. The van der Waals surface area contributed by atoms with Crippen molar-refractivity contribution in [3.8, 4) is 5.75 Å². The molecule has 0 atom stereocenters. The highest BCUT2D eigenvalue weighted by Crippen LogP contribution is 2.29. The van der Waals surface area contributed by atoms with Crippen molar-refractivity contribution in [2.75, 3.05) is 6.61 Å². The molecule has 0 aliphatic carbocycles. The first-order valence-corrected chi connectivity index (χ1v) is 6.38. The maximum atomic E-state index is 10.9. The van der Waals surface area contributed by atoms with Gasteiger partial charge in [-0.3, -0.25) is 15.5 Å². The van der Waals surface area contributed by atoms with Crippen LogP contribution in [-0.2, 0) is 0 Å². The summed E-state index contributed by atoms with van der Waals surface area (Å²) in [7, 11) is 0. The van der Waals surface area contributed by atoms with E-state index in [-0.39, 0.29) is 11.5 Å². The predicted molar refractivity (Wildman–Crippen MR) is 78.4 cm³/mol. The van der Waals surface area contributed by atoms with Crippen molar-refractivity contribution in [1.82, 2.24) is 0 Å². The van der Waals surface area contributed by atoms with Gasteiger partial charge in [-0.25, -0.2) is 0 Å². The van der Waals surface area contributed by atoms with Crippen molar-refractivity contribution >= 4 is 11.5 Å². The summed E-state index contributed by atoms with van der Waals surface area (Å²) in [5, 5.41) is 18.4. The number of nitro benzene ring substituents is 1. The van der Waals surface area contributed by atoms with E-state index in [1.807, 2.05) is 20.8 Å². The Labute approximate surface area is 118 Å². The van der Waals surface area contributed by atoms with Gasteiger partial charge in [-0.2, -0.15) is 0 Å². The Balaban J connectivity index is 2.81. The second kappa shape index (κ2) is 5.90. The molecule has 110 valence electrons. The Morgan fingerprint density at radius 2 is 2.00 bits per heavy atom. The second-order valence-corrected chi connectivity index (χ2v) is 5.56. The average Bonchev–Trinajstić information content (AvgIpc) is 2.31. The summed E-state index contributed by atoms with van der Waals surface area (Å²) in [6.07, 6.45) is 0.573. The molecule has 0 spiro atoms. The minimum atomic E-state index is -0.440. The van der Waals surface area contributed by atoms with Crippen LogP contribution in [0.25, 0.3) is 0 Å². The van der Waals surface area contributed by atoms with E-state index in [0.29, 0.717) is 24.3 Å². The number of nitrogens with zero attached hydrogens (tertiary/aromatic N) is 1. The van der Waals surface area contributed by atoms with Crippen LogP contribution < -0.4 is 10.5 Å². The summed E-state index contributed by atoms with van der Waals surface area (Å²) in [4.78, 5) is 10.5. The lowest BCUT2D eigenvalue weighted by molar-refractivity contribution is -0.385. The Kier molecular flexibility index (Phi) is 4.70. The number of aryl methyl sites for hydroxylation is 2. The lowest BCUT2D eigenvalue weighted by Gasteiger charge is -2.23. The number of hydrogen-bond donors (Lipinski definition) is 2. The first-order chi connectivity index (χ1) is 9.15. The zero-order valence-electron chi connectivity index (χ0n) is 12.3. The van der Waals surface area contributed by atoms with E-state index in [1.165, 1.54) is 6.07 Å². The highest BCUT2D eigenvalue weighted by atomic mass is 16.6. The molecule has 0 amide bonds. The highest BCUT2D eigenvalue weighted by Gasteiger charge is 2.22. The molecular formula is C14H21N3O3. The van der Waals surface area contributed by atoms with Crippen LogP contribution >= 0.6 is 0 Å². The van der Waals surface area contributed by atoms with Crippen LogP contribution in [0.15, 0.2) is 12.1 Å². The van der Waals surface area contributed by atoms with Gasteiger partial charge in [0.1, 0.15) is 5.75 Å². The molecule has 1 rings (SSSR count). The summed E-state index contributed by atoms with van der Waals surface area (Å²) in [5.74, 6) is 0.606. The SMILES string of the molecule is Cc1cc(C)c([N+](=O)[O-])cc1OCCC(C)(C)C(=N)N. The number of hydrogen-bond acceptors (Lipinski definition) is 4. The summed E-state index contributed by atoms with van der Waals surface area (Å²) < 4.78 is 5.61. The molecule has 1 aromatic carbocycles. The highest BCUT2D eigenvalue weighted by molar-refractivity contribution is 5.82. The third-order valence-electron chi connectivity index (χ3n) is 3.40. The fourth-order valence-corrected chi connectivity index (χ4v) is 1.72. The number of nitro groups is 1. The molecule has 0 aliphatic heterocycles. The number of nitrogens with two attached hydrogens (primary N) is 1. The molecule has 0 saturated carbocycles. The van der Waals surface area contributed by atoms with Gasteiger partial charge in [0, 0.05) is 11.0 Å². The summed E-state index contributed by atoms with van der Waals surface area (Å²) in [6, 6.07) is 3.19. The van der Waals surface area contributed by atoms with Gasteiger partial charge in [0.15, 0.2) is 0 Å². The van der Waals surface area contributed by atoms with E-state index < -0.39 is 10.3 Å². The number of nitrogens with one attached hydrogen (secondary N) is 1. The topological polar surface area (TPSA) is 102 Å². The number of amidine groups is 1. The zero-order chi connectivity index (χ0) is 15.5. The lowest BCUT2D eigenvalue weighted by Crippen LogP contribution is -2.32. The van der Waals surface area contributed by atoms with Crippen molar-refractivity contribution in [3.63, 3.8) is 0 Å². The van der Waals surface area contributed by atoms with Crippen molar-refractivity contribution < 1.29 is 9.66 Å². The van der Waals surface area contributed by atoms with Crippen LogP contribution in [0.4, 0.5) is 5.69 Å². The molecule has 0 heterocycles. The number of ether oxygens (including phenoxy) is 1. The van der Waals surface area contributed by atoms with E-state index in [4.69, 9.17) is 15.9 Å². The van der Waals surface area contributed by atoms with Gasteiger partial charge in [0.25, 0.3) is 5.69 Å². The maximum absolute atomic E-state index is 10.9. The molecular weight excluding hydrogens is 258 g/mol. The van der Waals surface area contributed by atoms with E-state index in [9.17, 15) is 10.1 Å². The van der Waals surface area contributed by atoms with E-state index in [0.717, 1.165) is 5.56 Å². The fourth-order valence-electron chi connectivity index (χ4n) is 1.72. The van der Waals surface area contributed by atoms with Gasteiger partial charge in [-0.15, -0.1) is 0 Å². The van der Waals surface area contributed by atoms with Crippen LogP contribution in [0.1, 0.15) is 31.4 Å². The largest absolute Gasteiger partial charge is 0.493 e. The molecule has 6 heteroatoms. The standard InChI is InChI=1S/C14H21N3O3/c1-9-7-10(2)12(8-11(9)17(18)19)20-6-5-14(3,4)13(15)16/h7-8H,5-6H2,1-4H3,(H3,15,16). The van der Waals surface area contributed by atoms with Crippen molar-refractivity contribution in [2.45, 2.75) is 34.1 Å². The molecule has 0 aliphatic rings. The number of rotatable bonds is 6. The minimum absolute atomic E-state index is 0.0522. The molecule has 20 heavy (non-hydrogen) atoms. The molecule has 0 unspecified atom stereocenters. The van der Waals surface area contributed by atoms with Gasteiger partial charge >= 0.3 is 0 Å². The molecule has 6 nitrogen and oxygen atoms in total. The van der Waals surface area contributed by atoms with Gasteiger partial charge in [0.05, 0.1) is 23.4 Å². The van der Waals surface area contributed by atoms with Crippen LogP contribution in [0.3, 0.4) is 0 Å². The minimum Gasteiger partial charge on any atom is -0.493 e. The average molecular weight is 279 g/mol. The third kappa shape index (κ3) is 3.69. The van der Waals surface area contributed by atoms with Crippen LogP contribution in [-0.4, -0.2) is 17.4 Å². The Morgan fingerprint density at radius 1 is 1.40 bits per heavy atom. The van der Waals surface area contributed by atoms with Crippen molar-refractivity contribution in [3.05, 3.63) is 33.4 Å². The summed E-state index contributed by atoms with van der Waals surface area (Å²) >= 11 is 0. The van der Waals surface area contributed by atoms with Crippen LogP contribution in [0, 0.1) is 34.8 Å². The first kappa shape index (κ1) is 15.9. The van der Waals surface area contributed by atoms with Gasteiger partial charge < -0.3 is 10.5 Å². The monoisotopic (exact) mass is 279 g/mol. The molecule has 0 bridgehead atoms. The smallest absolute Gasteiger partial charge is 0.276 e. The zero-order valence-corrected chi connectivity index (χ0v) is 12.3. The van der Waals surface area contributed by atoms with E-state index >= 15 is 0 Å². The van der Waals surface area contributed by atoms with Crippen LogP contribution in [0.5, 0.6) is 5.75 Å². The molecule has 0 aromatic heterocycles. The third-order valence-corrected chi connectivity index (χ3v) is 3.40. The quantitative estimate of drug-likeness (QED) is 0.361. The van der Waals surface area contributed by atoms with Crippen molar-refractivity contribution in [2.24, 2.45) is 11.1 Å². The lowest BCUT2D eigenvalue weighted by atomic mass is 9.88. The van der Waals surface area contributed by atoms with Gasteiger partial charge in [-0.05, 0) is 31.9 Å². The molecule has 3 N–H and O–H groups in total. The van der Waals surface area contributed by atoms with Crippen LogP contribution in [0.2, 0.25) is 0 Å². The van der Waals surface area contributed by atoms with Gasteiger partial charge in [0.2, 0.25) is 0 Å². The van der Waals surface area contributed by atoms with Crippen molar-refractivity contribution in [1.29, 1.82) is 5.41 Å². The Hall–Kier alpha value is -2.11. The van der Waals surface area contributed by atoms with Gasteiger partial charge in [-0.1, -0.05) is 13.8 Å². The maximum Gasteiger partial charge on any atom is 0.276 e. The predicted octanol–water partition coefficient (Wildman–Crippen LogP) is 2.94. The Morgan fingerprint density at radius 3 is 2.50 bits per heavy atom. The first-order valence-electron chi connectivity index (χ1n) is 6.38. The number of benzene rings is 1. The fraction of sp³-hybridized carbons (Fsp3) is 0.500. The second-order valence-electron chi connectivity index (χ2n) is 5.56. The summed E-state index contributed by atoms with van der Waals surface area (Å²) in [6.45, 7) is 7.63. The van der Waals surface area contributed by atoms with E-state index in [2.05, 4.69) is 0 Å². The molecule has 1 aromatic rings. The van der Waals surface area contributed by atoms with E-state index in [1.54, 1.807) is 13.0 Å². The molecule has 0 fully saturated rings. The Bertz CT molecular complexity index is 539. The molecule has 0 saturated heterocycles.